The van der Waals surface area contributed by atoms with Gasteiger partial charge in [-0.2, -0.15) is 0 Å². The Morgan fingerprint density at radius 3 is 2.47 bits per heavy atom. The van der Waals surface area contributed by atoms with E-state index in [-0.39, 0.29) is 24.2 Å². The molecule has 8 heteroatoms. The SMILES string of the molecule is CCN(CC(=O)NC(C)C)c1ncc([N+](=O)[O-])cn1. The molecule has 0 fully saturated rings. The van der Waals surface area contributed by atoms with Crippen molar-refractivity contribution in [2.75, 3.05) is 18.0 Å². The molecule has 1 rings (SSSR count). The van der Waals surface area contributed by atoms with Crippen LogP contribution < -0.4 is 10.2 Å². The molecular weight excluding hydrogens is 250 g/mol. The molecule has 1 aromatic heterocycles. The molecule has 0 radical (unpaired) electrons. The number of amides is 1. The number of nitrogens with one attached hydrogen (secondary N) is 1. The lowest BCUT2D eigenvalue weighted by molar-refractivity contribution is -0.385. The van der Waals surface area contributed by atoms with Gasteiger partial charge in [0.2, 0.25) is 11.9 Å². The third kappa shape index (κ3) is 4.49. The predicted octanol–water partition coefficient (Wildman–Crippen LogP) is 0.736. The van der Waals surface area contributed by atoms with Crippen molar-refractivity contribution in [2.24, 2.45) is 0 Å². The van der Waals surface area contributed by atoms with Crippen LogP contribution in [0.1, 0.15) is 20.8 Å². The van der Waals surface area contributed by atoms with E-state index in [9.17, 15) is 14.9 Å². The Hall–Kier alpha value is -2.25. The van der Waals surface area contributed by atoms with Crippen molar-refractivity contribution in [1.29, 1.82) is 0 Å². The zero-order valence-corrected chi connectivity index (χ0v) is 11.2. The van der Waals surface area contributed by atoms with Crippen molar-refractivity contribution in [1.82, 2.24) is 15.3 Å². The fourth-order valence-corrected chi connectivity index (χ4v) is 1.44. The molecule has 0 bridgehead atoms. The number of carbonyl (C=O) groups excluding carboxylic acids is 1. The number of nitrogens with zero attached hydrogens (tertiary/aromatic N) is 4. The maximum absolute atomic E-state index is 11.7. The summed E-state index contributed by atoms with van der Waals surface area (Å²) in [5.41, 5.74) is -0.175. The maximum atomic E-state index is 11.7. The van der Waals surface area contributed by atoms with Crippen LogP contribution in [-0.2, 0) is 4.79 Å². The molecule has 19 heavy (non-hydrogen) atoms. The number of likely N-dealkylation sites (N-methyl/N-ethyl adjacent to an activating group) is 1. The van der Waals surface area contributed by atoms with E-state index in [1.54, 1.807) is 4.90 Å². The van der Waals surface area contributed by atoms with Gasteiger partial charge in [0, 0.05) is 12.6 Å². The number of anilines is 1. The third-order valence-corrected chi connectivity index (χ3v) is 2.28. The molecule has 0 unspecified atom stereocenters. The zero-order chi connectivity index (χ0) is 14.4. The van der Waals surface area contributed by atoms with Crippen molar-refractivity contribution < 1.29 is 9.72 Å². The Bertz CT molecular complexity index is 446. The Labute approximate surface area is 111 Å². The molecule has 0 aromatic carbocycles. The van der Waals surface area contributed by atoms with Gasteiger partial charge < -0.3 is 10.2 Å². The van der Waals surface area contributed by atoms with Crippen molar-refractivity contribution in [3.63, 3.8) is 0 Å². The second-order valence-corrected chi connectivity index (χ2v) is 4.23. The predicted molar refractivity (Wildman–Crippen MR) is 69.9 cm³/mol. The van der Waals surface area contributed by atoms with Gasteiger partial charge in [-0.3, -0.25) is 14.9 Å². The van der Waals surface area contributed by atoms with Crippen molar-refractivity contribution in [3.8, 4) is 0 Å². The number of aromatic nitrogens is 2. The minimum atomic E-state index is -0.564. The van der Waals surface area contributed by atoms with Crippen molar-refractivity contribution in [3.05, 3.63) is 22.5 Å². The normalized spacial score (nSPS) is 10.3. The number of rotatable bonds is 6. The molecular formula is C11H17N5O3. The number of hydrogen-bond donors (Lipinski definition) is 1. The average Bonchev–Trinajstić information content (AvgIpc) is 2.35. The van der Waals surface area contributed by atoms with Gasteiger partial charge in [-0.25, -0.2) is 9.97 Å². The number of carbonyl (C=O) groups is 1. The van der Waals surface area contributed by atoms with E-state index in [0.717, 1.165) is 12.4 Å². The highest BCUT2D eigenvalue weighted by atomic mass is 16.6. The van der Waals surface area contributed by atoms with E-state index < -0.39 is 4.92 Å². The van der Waals surface area contributed by atoms with Gasteiger partial charge in [0.1, 0.15) is 12.4 Å². The molecule has 1 N–H and O–H groups in total. The summed E-state index contributed by atoms with van der Waals surface area (Å²) < 4.78 is 0. The first kappa shape index (κ1) is 14.8. The molecule has 0 atom stereocenters. The molecule has 0 aliphatic rings. The second-order valence-electron chi connectivity index (χ2n) is 4.23. The van der Waals surface area contributed by atoms with E-state index in [4.69, 9.17) is 0 Å². The van der Waals surface area contributed by atoms with Gasteiger partial charge in [-0.1, -0.05) is 0 Å². The molecule has 1 aromatic rings. The van der Waals surface area contributed by atoms with Gasteiger partial charge in [0.25, 0.3) is 0 Å². The fourth-order valence-electron chi connectivity index (χ4n) is 1.44. The lowest BCUT2D eigenvalue weighted by Crippen LogP contribution is -2.40. The number of hydrogen-bond acceptors (Lipinski definition) is 6. The summed E-state index contributed by atoms with van der Waals surface area (Å²) in [6, 6.07) is 0.0592. The van der Waals surface area contributed by atoms with E-state index >= 15 is 0 Å². The van der Waals surface area contributed by atoms with Crippen LogP contribution in [0.2, 0.25) is 0 Å². The van der Waals surface area contributed by atoms with Crippen molar-refractivity contribution >= 4 is 17.5 Å². The standard InChI is InChI=1S/C11H17N5O3/c1-4-15(7-10(17)14-8(2)3)11-12-5-9(6-13-11)16(18)19/h5-6,8H,4,7H2,1-3H3,(H,14,17). The van der Waals surface area contributed by atoms with E-state index in [2.05, 4.69) is 15.3 Å². The first-order chi connectivity index (χ1) is 8.93. The highest BCUT2D eigenvalue weighted by Gasteiger charge is 2.14. The van der Waals surface area contributed by atoms with Crippen LogP contribution in [0.5, 0.6) is 0 Å². The zero-order valence-electron chi connectivity index (χ0n) is 11.2. The molecule has 1 amide bonds. The van der Waals surface area contributed by atoms with Crippen LogP contribution in [0.25, 0.3) is 0 Å². The van der Waals surface area contributed by atoms with Crippen LogP contribution in [0, 0.1) is 10.1 Å². The van der Waals surface area contributed by atoms with E-state index in [1.807, 2.05) is 20.8 Å². The van der Waals surface area contributed by atoms with Gasteiger partial charge in [-0.05, 0) is 20.8 Å². The van der Waals surface area contributed by atoms with Gasteiger partial charge in [-0.15, -0.1) is 0 Å². The molecule has 0 aliphatic carbocycles. The fraction of sp³-hybridized carbons (Fsp3) is 0.545. The van der Waals surface area contributed by atoms with E-state index in [0.29, 0.717) is 12.5 Å². The minimum Gasteiger partial charge on any atom is -0.352 e. The molecule has 0 saturated heterocycles. The van der Waals surface area contributed by atoms with Crippen molar-refractivity contribution in [2.45, 2.75) is 26.8 Å². The summed E-state index contributed by atoms with van der Waals surface area (Å²) in [7, 11) is 0. The molecule has 104 valence electrons. The summed E-state index contributed by atoms with van der Waals surface area (Å²) in [6.07, 6.45) is 2.26. The van der Waals surface area contributed by atoms with Gasteiger partial charge >= 0.3 is 5.69 Å². The monoisotopic (exact) mass is 267 g/mol. The number of nitro groups is 1. The van der Waals surface area contributed by atoms with Gasteiger partial charge in [0.05, 0.1) is 11.5 Å². The Morgan fingerprint density at radius 2 is 2.05 bits per heavy atom. The lowest BCUT2D eigenvalue weighted by atomic mass is 10.4. The van der Waals surface area contributed by atoms with Gasteiger partial charge in [0.15, 0.2) is 0 Å². The van der Waals surface area contributed by atoms with Crippen LogP contribution in [0.4, 0.5) is 11.6 Å². The smallest absolute Gasteiger partial charge is 0.305 e. The minimum absolute atomic E-state index is 0.0592. The quantitative estimate of drug-likeness (QED) is 0.602. The summed E-state index contributed by atoms with van der Waals surface area (Å²) in [6.45, 7) is 6.25. The summed E-state index contributed by atoms with van der Waals surface area (Å²) >= 11 is 0. The Kier molecular flexibility index (Phi) is 5.16. The Balaban J connectivity index is 2.74. The summed E-state index contributed by atoms with van der Waals surface area (Å²) in [5.74, 6) is 0.158. The molecule has 0 saturated carbocycles. The van der Waals surface area contributed by atoms with Crippen LogP contribution in [0.3, 0.4) is 0 Å². The van der Waals surface area contributed by atoms with Crippen LogP contribution >= 0.6 is 0 Å². The lowest BCUT2D eigenvalue weighted by Gasteiger charge is -2.20. The topological polar surface area (TPSA) is 101 Å². The molecule has 1 heterocycles. The highest BCUT2D eigenvalue weighted by Crippen LogP contribution is 2.11. The second kappa shape index (κ2) is 6.62. The summed E-state index contributed by atoms with van der Waals surface area (Å²) in [4.78, 5) is 31.0. The Morgan fingerprint density at radius 1 is 1.47 bits per heavy atom. The van der Waals surface area contributed by atoms with Crippen LogP contribution in [-0.4, -0.2) is 39.9 Å². The van der Waals surface area contributed by atoms with E-state index in [1.165, 1.54) is 0 Å². The highest BCUT2D eigenvalue weighted by molar-refractivity contribution is 5.80. The van der Waals surface area contributed by atoms with Crippen LogP contribution in [0.15, 0.2) is 12.4 Å². The first-order valence-corrected chi connectivity index (χ1v) is 5.94. The maximum Gasteiger partial charge on any atom is 0.305 e. The average molecular weight is 267 g/mol. The largest absolute Gasteiger partial charge is 0.352 e. The molecule has 0 spiro atoms. The first-order valence-electron chi connectivity index (χ1n) is 5.94. The summed E-state index contributed by atoms with van der Waals surface area (Å²) in [5, 5.41) is 13.3. The third-order valence-electron chi connectivity index (χ3n) is 2.28. The molecule has 0 aliphatic heterocycles. The molecule has 8 nitrogen and oxygen atoms in total.